The first-order chi connectivity index (χ1) is 8.01. The zero-order valence-corrected chi connectivity index (χ0v) is 10.7. The van der Waals surface area contributed by atoms with Crippen LogP contribution < -0.4 is 0 Å². The third-order valence-electron chi connectivity index (χ3n) is 2.84. The van der Waals surface area contributed by atoms with Gasteiger partial charge in [-0.05, 0) is 49.2 Å². The summed E-state index contributed by atoms with van der Waals surface area (Å²) in [5.41, 5.74) is 2.08. The van der Waals surface area contributed by atoms with Gasteiger partial charge in [-0.25, -0.2) is 8.42 Å². The Morgan fingerprint density at radius 1 is 0.765 bits per heavy atom. The van der Waals surface area contributed by atoms with E-state index in [0.29, 0.717) is 9.79 Å². The topological polar surface area (TPSA) is 34.1 Å². The van der Waals surface area contributed by atoms with Crippen molar-refractivity contribution in [1.29, 1.82) is 0 Å². The van der Waals surface area contributed by atoms with Crippen molar-refractivity contribution in [2.24, 2.45) is 0 Å². The van der Waals surface area contributed by atoms with Crippen molar-refractivity contribution in [2.45, 2.75) is 23.6 Å². The van der Waals surface area contributed by atoms with Crippen molar-refractivity contribution >= 4 is 9.84 Å². The van der Waals surface area contributed by atoms with E-state index in [1.54, 1.807) is 42.5 Å². The normalized spacial score (nSPS) is 11.4. The fourth-order valence-electron chi connectivity index (χ4n) is 1.62. The molecule has 0 radical (unpaired) electrons. The molecule has 2 aromatic rings. The van der Waals surface area contributed by atoms with Crippen LogP contribution in [0.4, 0.5) is 0 Å². The van der Waals surface area contributed by atoms with Crippen molar-refractivity contribution in [3.63, 3.8) is 0 Å². The van der Waals surface area contributed by atoms with Crippen LogP contribution in [0.1, 0.15) is 11.1 Å². The van der Waals surface area contributed by atoms with Gasteiger partial charge in [0.25, 0.3) is 0 Å². The molecule has 0 aliphatic rings. The van der Waals surface area contributed by atoms with Gasteiger partial charge in [-0.1, -0.05) is 24.3 Å². The monoisotopic (exact) mass is 246 g/mol. The molecule has 88 valence electrons. The average molecular weight is 246 g/mol. The van der Waals surface area contributed by atoms with Crippen LogP contribution >= 0.6 is 0 Å². The second kappa shape index (κ2) is 4.34. The number of rotatable bonds is 2. The number of hydrogen-bond donors (Lipinski definition) is 0. The van der Waals surface area contributed by atoms with Crippen molar-refractivity contribution in [2.75, 3.05) is 0 Å². The van der Waals surface area contributed by atoms with Gasteiger partial charge < -0.3 is 0 Å². The third kappa shape index (κ3) is 2.24. The summed E-state index contributed by atoms with van der Waals surface area (Å²) >= 11 is 0. The van der Waals surface area contributed by atoms with Crippen molar-refractivity contribution < 1.29 is 8.42 Å². The lowest BCUT2D eigenvalue weighted by atomic mass is 10.1. The van der Waals surface area contributed by atoms with E-state index in [2.05, 4.69) is 0 Å². The van der Waals surface area contributed by atoms with Crippen molar-refractivity contribution in [3.8, 4) is 0 Å². The Morgan fingerprint density at radius 2 is 1.41 bits per heavy atom. The standard InChI is InChI=1S/C14H14O2S/c1-11-8-9-14(10-12(11)2)17(15,16)13-6-4-3-5-7-13/h3-10H,1-2H3. The predicted octanol–water partition coefficient (Wildman–Crippen LogP) is 3.14. The molecule has 2 rings (SSSR count). The highest BCUT2D eigenvalue weighted by molar-refractivity contribution is 7.91. The van der Waals surface area contributed by atoms with Crippen LogP contribution in [0.15, 0.2) is 58.3 Å². The lowest BCUT2D eigenvalue weighted by Crippen LogP contribution is -2.02. The molecule has 0 spiro atoms. The van der Waals surface area contributed by atoms with Crippen LogP contribution in [0.3, 0.4) is 0 Å². The van der Waals surface area contributed by atoms with Crippen LogP contribution in [-0.2, 0) is 9.84 Å². The summed E-state index contributed by atoms with van der Waals surface area (Å²) in [6.45, 7) is 3.88. The van der Waals surface area contributed by atoms with E-state index in [1.807, 2.05) is 19.9 Å². The molecule has 0 saturated carbocycles. The highest BCUT2D eigenvalue weighted by Crippen LogP contribution is 2.22. The average Bonchev–Trinajstić information content (AvgIpc) is 2.33. The SMILES string of the molecule is Cc1ccc(S(=O)(=O)c2ccccc2)cc1C. The van der Waals surface area contributed by atoms with Crippen molar-refractivity contribution in [3.05, 3.63) is 59.7 Å². The van der Waals surface area contributed by atoms with Crippen LogP contribution in [-0.4, -0.2) is 8.42 Å². The van der Waals surface area contributed by atoms with Gasteiger partial charge in [-0.2, -0.15) is 0 Å². The molecule has 2 aromatic carbocycles. The van der Waals surface area contributed by atoms with E-state index < -0.39 is 9.84 Å². The second-order valence-corrected chi connectivity index (χ2v) is 6.01. The van der Waals surface area contributed by atoms with Gasteiger partial charge in [-0.3, -0.25) is 0 Å². The number of hydrogen-bond acceptors (Lipinski definition) is 2. The van der Waals surface area contributed by atoms with Gasteiger partial charge in [0.1, 0.15) is 0 Å². The molecular formula is C14H14O2S. The summed E-state index contributed by atoms with van der Waals surface area (Å²) in [5, 5.41) is 0. The minimum Gasteiger partial charge on any atom is -0.219 e. The predicted molar refractivity (Wildman–Crippen MR) is 67.8 cm³/mol. The largest absolute Gasteiger partial charge is 0.219 e. The molecule has 0 atom stereocenters. The Morgan fingerprint density at radius 3 is 2.00 bits per heavy atom. The quantitative estimate of drug-likeness (QED) is 0.815. The highest BCUT2D eigenvalue weighted by Gasteiger charge is 2.17. The lowest BCUT2D eigenvalue weighted by Gasteiger charge is -2.06. The summed E-state index contributed by atoms with van der Waals surface area (Å²) < 4.78 is 24.6. The number of aryl methyl sites for hydroxylation is 2. The number of benzene rings is 2. The molecule has 0 saturated heterocycles. The Labute approximate surface area is 102 Å². The molecule has 0 unspecified atom stereocenters. The first-order valence-electron chi connectivity index (χ1n) is 5.39. The summed E-state index contributed by atoms with van der Waals surface area (Å²) in [6.07, 6.45) is 0. The Kier molecular flexibility index (Phi) is 3.03. The van der Waals surface area contributed by atoms with E-state index in [0.717, 1.165) is 11.1 Å². The molecule has 17 heavy (non-hydrogen) atoms. The summed E-state index contributed by atoms with van der Waals surface area (Å²) in [6, 6.07) is 13.7. The number of sulfone groups is 1. The van der Waals surface area contributed by atoms with Crippen molar-refractivity contribution in [1.82, 2.24) is 0 Å². The molecule has 0 N–H and O–H groups in total. The van der Waals surface area contributed by atoms with Crippen LogP contribution in [0.5, 0.6) is 0 Å². The minimum absolute atomic E-state index is 0.336. The van der Waals surface area contributed by atoms with Gasteiger partial charge in [0.15, 0.2) is 0 Å². The highest BCUT2D eigenvalue weighted by atomic mass is 32.2. The van der Waals surface area contributed by atoms with E-state index in [4.69, 9.17) is 0 Å². The fraction of sp³-hybridized carbons (Fsp3) is 0.143. The second-order valence-electron chi connectivity index (χ2n) is 4.06. The third-order valence-corrected chi connectivity index (χ3v) is 4.61. The molecular weight excluding hydrogens is 232 g/mol. The molecule has 0 amide bonds. The van der Waals surface area contributed by atoms with Crippen LogP contribution in [0, 0.1) is 13.8 Å². The Bertz CT molecular complexity index is 629. The molecule has 2 nitrogen and oxygen atoms in total. The molecule has 0 fully saturated rings. The van der Waals surface area contributed by atoms with Crippen LogP contribution in [0.25, 0.3) is 0 Å². The Balaban J connectivity index is 2.57. The Hall–Kier alpha value is -1.61. The zero-order valence-electron chi connectivity index (χ0n) is 9.84. The van der Waals surface area contributed by atoms with Gasteiger partial charge in [0.05, 0.1) is 9.79 Å². The summed E-state index contributed by atoms with van der Waals surface area (Å²) in [4.78, 5) is 0.690. The molecule has 3 heteroatoms. The molecule has 0 bridgehead atoms. The maximum atomic E-state index is 12.3. The zero-order chi connectivity index (χ0) is 12.5. The molecule has 0 aliphatic carbocycles. The molecule has 0 heterocycles. The lowest BCUT2D eigenvalue weighted by molar-refractivity contribution is 0.596. The van der Waals surface area contributed by atoms with Gasteiger partial charge in [-0.15, -0.1) is 0 Å². The maximum Gasteiger partial charge on any atom is 0.206 e. The van der Waals surface area contributed by atoms with Gasteiger partial charge in [0, 0.05) is 0 Å². The van der Waals surface area contributed by atoms with Gasteiger partial charge in [0.2, 0.25) is 9.84 Å². The first kappa shape index (κ1) is 11.9. The molecule has 0 aliphatic heterocycles. The van der Waals surface area contributed by atoms with E-state index in [1.165, 1.54) is 0 Å². The van der Waals surface area contributed by atoms with E-state index in [9.17, 15) is 8.42 Å². The van der Waals surface area contributed by atoms with E-state index in [-0.39, 0.29) is 0 Å². The molecule has 0 aromatic heterocycles. The first-order valence-corrected chi connectivity index (χ1v) is 6.87. The summed E-state index contributed by atoms with van der Waals surface area (Å²) in [5.74, 6) is 0. The summed E-state index contributed by atoms with van der Waals surface area (Å²) in [7, 11) is -3.38. The fourth-order valence-corrected chi connectivity index (χ4v) is 2.98. The minimum atomic E-state index is -3.38. The van der Waals surface area contributed by atoms with E-state index >= 15 is 0 Å². The van der Waals surface area contributed by atoms with Crippen LogP contribution in [0.2, 0.25) is 0 Å². The maximum absolute atomic E-state index is 12.3. The van der Waals surface area contributed by atoms with Gasteiger partial charge >= 0.3 is 0 Å². The smallest absolute Gasteiger partial charge is 0.206 e.